The van der Waals surface area contributed by atoms with Gasteiger partial charge in [-0.05, 0) is 63.0 Å². The van der Waals surface area contributed by atoms with Crippen LogP contribution in [0.15, 0.2) is 27.3 Å². The third-order valence-corrected chi connectivity index (χ3v) is 3.70. The minimum Gasteiger partial charge on any atom is -0.311 e. The van der Waals surface area contributed by atoms with E-state index in [1.807, 2.05) is 6.20 Å². The normalized spacial score (nSPS) is 10.9. The topological polar surface area (TPSA) is 42.7 Å². The Kier molecular flexibility index (Phi) is 4.53. The molecule has 1 aromatic heterocycles. The van der Waals surface area contributed by atoms with Gasteiger partial charge in [-0.1, -0.05) is 12.1 Å². The lowest BCUT2D eigenvalue weighted by atomic mass is 10.2. The van der Waals surface area contributed by atoms with Gasteiger partial charge in [-0.2, -0.15) is 0 Å². The van der Waals surface area contributed by atoms with Gasteiger partial charge in [0.05, 0.1) is 17.6 Å². The molecule has 18 heavy (non-hydrogen) atoms. The molecule has 4 nitrogen and oxygen atoms in total. The maximum atomic E-state index is 4.16. The van der Waals surface area contributed by atoms with E-state index in [9.17, 15) is 0 Å². The lowest BCUT2D eigenvalue weighted by Crippen LogP contribution is -2.11. The summed E-state index contributed by atoms with van der Waals surface area (Å²) in [6.07, 6.45) is 1.93. The summed E-state index contributed by atoms with van der Waals surface area (Å²) in [6.45, 7) is 5.77. The zero-order valence-corrected chi connectivity index (χ0v) is 13.4. The largest absolute Gasteiger partial charge is 0.311 e. The number of hydrogen-bond donors (Lipinski definition) is 1. The molecule has 0 bridgehead atoms. The number of benzene rings is 1. The highest BCUT2D eigenvalue weighted by molar-refractivity contribution is 9.11. The third-order valence-electron chi connectivity index (χ3n) is 2.49. The molecule has 6 heteroatoms. The van der Waals surface area contributed by atoms with Gasteiger partial charge in [0.25, 0.3) is 0 Å². The van der Waals surface area contributed by atoms with Crippen molar-refractivity contribution in [3.8, 4) is 5.69 Å². The predicted octanol–water partition coefficient (Wildman–Crippen LogP) is 3.21. The highest BCUT2D eigenvalue weighted by Crippen LogP contribution is 2.30. The smallest absolute Gasteiger partial charge is 0.0969 e. The van der Waals surface area contributed by atoms with Crippen LogP contribution in [0.25, 0.3) is 5.69 Å². The van der Waals surface area contributed by atoms with Crippen LogP contribution < -0.4 is 5.32 Å². The van der Waals surface area contributed by atoms with Crippen LogP contribution in [-0.2, 0) is 6.54 Å². The monoisotopic (exact) mass is 372 g/mol. The predicted molar refractivity (Wildman–Crippen MR) is 78.9 cm³/mol. The second kappa shape index (κ2) is 5.95. The molecule has 0 fully saturated rings. The van der Waals surface area contributed by atoms with Gasteiger partial charge in [0.1, 0.15) is 0 Å². The summed E-state index contributed by atoms with van der Waals surface area (Å²) in [5.74, 6) is 0. The second-order valence-corrected chi connectivity index (χ2v) is 5.72. The fourth-order valence-electron chi connectivity index (χ4n) is 1.65. The average molecular weight is 374 g/mol. The van der Waals surface area contributed by atoms with Crippen molar-refractivity contribution in [2.75, 3.05) is 6.54 Å². The Morgan fingerprint density at radius 3 is 2.56 bits per heavy atom. The van der Waals surface area contributed by atoms with E-state index in [4.69, 9.17) is 0 Å². The first-order valence-electron chi connectivity index (χ1n) is 5.69. The van der Waals surface area contributed by atoms with Crippen LogP contribution in [0, 0.1) is 6.92 Å². The summed E-state index contributed by atoms with van der Waals surface area (Å²) >= 11 is 7.12. The van der Waals surface area contributed by atoms with Gasteiger partial charge in [-0.25, -0.2) is 4.68 Å². The lowest BCUT2D eigenvalue weighted by Gasteiger charge is -2.07. The highest BCUT2D eigenvalue weighted by atomic mass is 79.9. The molecule has 0 atom stereocenters. The lowest BCUT2D eigenvalue weighted by molar-refractivity contribution is 0.705. The Morgan fingerprint density at radius 1 is 1.28 bits per heavy atom. The molecule has 96 valence electrons. The standard InChI is InChI=1S/C12H14Br2N4/c1-3-15-6-9-7-18(17-16-9)12-10(13)4-8(2)5-11(12)14/h4-5,7,15H,3,6H2,1-2H3. The summed E-state index contributed by atoms with van der Waals surface area (Å²) in [5, 5.41) is 11.5. The summed E-state index contributed by atoms with van der Waals surface area (Å²) in [6, 6.07) is 4.12. The number of nitrogens with one attached hydrogen (secondary N) is 1. The van der Waals surface area contributed by atoms with Gasteiger partial charge in [0.2, 0.25) is 0 Å². The summed E-state index contributed by atoms with van der Waals surface area (Å²) in [5.41, 5.74) is 3.08. The first-order chi connectivity index (χ1) is 8.61. The zero-order valence-electron chi connectivity index (χ0n) is 10.2. The first-order valence-corrected chi connectivity index (χ1v) is 7.28. The summed E-state index contributed by atoms with van der Waals surface area (Å²) in [7, 11) is 0. The van der Waals surface area contributed by atoms with E-state index in [-0.39, 0.29) is 0 Å². The zero-order chi connectivity index (χ0) is 13.1. The molecule has 1 N–H and O–H groups in total. The van der Waals surface area contributed by atoms with Crippen molar-refractivity contribution in [3.05, 3.63) is 38.5 Å². The molecule has 0 aliphatic heterocycles. The van der Waals surface area contributed by atoms with E-state index in [2.05, 4.69) is 73.5 Å². The van der Waals surface area contributed by atoms with Gasteiger partial charge in [0, 0.05) is 15.5 Å². The molecule has 0 aliphatic carbocycles. The summed E-state index contributed by atoms with van der Waals surface area (Å²) in [4.78, 5) is 0. The van der Waals surface area contributed by atoms with Crippen molar-refractivity contribution in [2.45, 2.75) is 20.4 Å². The van der Waals surface area contributed by atoms with Crippen LogP contribution in [0.1, 0.15) is 18.2 Å². The molecular formula is C12H14Br2N4. The molecule has 0 unspecified atom stereocenters. The number of aryl methyl sites for hydroxylation is 1. The van der Waals surface area contributed by atoms with Crippen molar-refractivity contribution in [1.82, 2.24) is 20.3 Å². The molecule has 0 radical (unpaired) electrons. The van der Waals surface area contributed by atoms with Gasteiger partial charge in [-0.15, -0.1) is 5.10 Å². The van der Waals surface area contributed by atoms with Gasteiger partial charge < -0.3 is 5.32 Å². The molecule has 0 aliphatic rings. The maximum Gasteiger partial charge on any atom is 0.0969 e. The maximum absolute atomic E-state index is 4.16. The van der Waals surface area contributed by atoms with Crippen molar-refractivity contribution in [3.63, 3.8) is 0 Å². The van der Waals surface area contributed by atoms with Crippen LogP contribution in [0.3, 0.4) is 0 Å². The van der Waals surface area contributed by atoms with Crippen LogP contribution >= 0.6 is 31.9 Å². The fraction of sp³-hybridized carbons (Fsp3) is 0.333. The van der Waals surface area contributed by atoms with Crippen molar-refractivity contribution >= 4 is 31.9 Å². The quantitative estimate of drug-likeness (QED) is 0.894. The van der Waals surface area contributed by atoms with Crippen LogP contribution in [-0.4, -0.2) is 21.5 Å². The average Bonchev–Trinajstić information content (AvgIpc) is 2.73. The Hall–Kier alpha value is -0.720. The molecule has 0 spiro atoms. The SMILES string of the molecule is CCNCc1cn(-c2c(Br)cc(C)cc2Br)nn1. The van der Waals surface area contributed by atoms with Gasteiger partial charge in [0.15, 0.2) is 0 Å². The van der Waals surface area contributed by atoms with E-state index in [0.717, 1.165) is 33.4 Å². The number of rotatable bonds is 4. The first kappa shape index (κ1) is 13.7. The molecule has 1 aromatic carbocycles. The minimum absolute atomic E-state index is 0.734. The Morgan fingerprint density at radius 2 is 1.94 bits per heavy atom. The van der Waals surface area contributed by atoms with Crippen LogP contribution in [0.4, 0.5) is 0 Å². The highest BCUT2D eigenvalue weighted by Gasteiger charge is 2.10. The molecular weight excluding hydrogens is 360 g/mol. The summed E-state index contributed by atoms with van der Waals surface area (Å²) < 4.78 is 3.77. The Bertz CT molecular complexity index is 528. The fourth-order valence-corrected chi connectivity index (χ4v) is 3.43. The number of aromatic nitrogens is 3. The third kappa shape index (κ3) is 2.99. The second-order valence-electron chi connectivity index (χ2n) is 4.01. The van der Waals surface area contributed by atoms with E-state index in [0.29, 0.717) is 0 Å². The molecule has 2 rings (SSSR count). The van der Waals surface area contributed by atoms with E-state index in [1.165, 1.54) is 5.56 Å². The van der Waals surface area contributed by atoms with Gasteiger partial charge >= 0.3 is 0 Å². The Balaban J connectivity index is 2.34. The number of nitrogens with zero attached hydrogens (tertiary/aromatic N) is 3. The van der Waals surface area contributed by atoms with Crippen molar-refractivity contribution in [1.29, 1.82) is 0 Å². The minimum atomic E-state index is 0.734. The van der Waals surface area contributed by atoms with E-state index in [1.54, 1.807) is 4.68 Å². The Labute approximate surface area is 123 Å². The van der Waals surface area contributed by atoms with Gasteiger partial charge in [-0.3, -0.25) is 0 Å². The van der Waals surface area contributed by atoms with Crippen LogP contribution in [0.2, 0.25) is 0 Å². The van der Waals surface area contributed by atoms with Crippen molar-refractivity contribution in [2.24, 2.45) is 0 Å². The van der Waals surface area contributed by atoms with Crippen molar-refractivity contribution < 1.29 is 0 Å². The van der Waals surface area contributed by atoms with Crippen LogP contribution in [0.5, 0.6) is 0 Å². The van der Waals surface area contributed by atoms with E-state index >= 15 is 0 Å². The molecule has 0 amide bonds. The van der Waals surface area contributed by atoms with E-state index < -0.39 is 0 Å². The molecule has 2 aromatic rings. The molecule has 0 saturated heterocycles. The number of hydrogen-bond acceptors (Lipinski definition) is 3. The number of halogens is 2. The molecule has 1 heterocycles. The molecule has 0 saturated carbocycles.